The number of aromatic nitrogens is 3. The SMILES string of the molecule is Cc1cccc(C)c1NC(=O)COc1ccc(Br)cc1[C@H]1CC(=O)Nc2ncnn21. The van der Waals surface area contributed by atoms with Crippen molar-refractivity contribution in [1.29, 1.82) is 0 Å². The van der Waals surface area contributed by atoms with E-state index >= 15 is 0 Å². The first-order chi connectivity index (χ1) is 14.4. The second kappa shape index (κ2) is 8.27. The topological polar surface area (TPSA) is 98.1 Å². The highest BCUT2D eigenvalue weighted by atomic mass is 79.9. The summed E-state index contributed by atoms with van der Waals surface area (Å²) in [7, 11) is 0. The van der Waals surface area contributed by atoms with Gasteiger partial charge in [0.2, 0.25) is 11.9 Å². The molecule has 0 saturated heterocycles. The number of ether oxygens (including phenoxy) is 1. The highest BCUT2D eigenvalue weighted by Crippen LogP contribution is 2.36. The molecule has 2 amide bonds. The molecule has 2 aromatic carbocycles. The number of halogens is 1. The third kappa shape index (κ3) is 4.06. The Hall–Kier alpha value is -3.20. The summed E-state index contributed by atoms with van der Waals surface area (Å²) in [5.74, 6) is 0.481. The van der Waals surface area contributed by atoms with Crippen LogP contribution < -0.4 is 15.4 Å². The number of para-hydroxylation sites is 1. The number of amides is 2. The minimum absolute atomic E-state index is 0.154. The Bertz CT molecular complexity index is 1110. The molecule has 0 spiro atoms. The van der Waals surface area contributed by atoms with Crippen LogP contribution in [0.1, 0.15) is 29.2 Å². The fraction of sp³-hybridized carbons (Fsp3) is 0.238. The zero-order chi connectivity index (χ0) is 21.3. The predicted octanol–water partition coefficient (Wildman–Crippen LogP) is 3.61. The summed E-state index contributed by atoms with van der Waals surface area (Å²) in [6.07, 6.45) is 1.59. The molecule has 1 aromatic heterocycles. The van der Waals surface area contributed by atoms with Crippen molar-refractivity contribution in [1.82, 2.24) is 14.8 Å². The molecule has 2 N–H and O–H groups in total. The first kappa shape index (κ1) is 20.1. The molecule has 2 heterocycles. The zero-order valence-corrected chi connectivity index (χ0v) is 18.1. The molecule has 0 saturated carbocycles. The molecule has 8 nitrogen and oxygen atoms in total. The third-order valence-corrected chi connectivity index (χ3v) is 5.43. The number of carbonyl (C=O) groups excluding carboxylic acids is 2. The van der Waals surface area contributed by atoms with Crippen LogP contribution in [0, 0.1) is 13.8 Å². The van der Waals surface area contributed by atoms with Crippen LogP contribution in [0.2, 0.25) is 0 Å². The Morgan fingerprint density at radius 1 is 1.30 bits per heavy atom. The molecule has 0 fully saturated rings. The first-order valence-electron chi connectivity index (χ1n) is 9.40. The van der Waals surface area contributed by atoms with Crippen molar-refractivity contribution in [2.75, 3.05) is 17.2 Å². The average molecular weight is 470 g/mol. The largest absolute Gasteiger partial charge is 0.483 e. The Balaban J connectivity index is 1.55. The number of aryl methyl sites for hydroxylation is 2. The van der Waals surface area contributed by atoms with E-state index in [0.717, 1.165) is 26.9 Å². The summed E-state index contributed by atoms with van der Waals surface area (Å²) in [4.78, 5) is 28.7. The minimum atomic E-state index is -0.384. The van der Waals surface area contributed by atoms with Gasteiger partial charge < -0.3 is 10.1 Å². The van der Waals surface area contributed by atoms with Crippen molar-refractivity contribution >= 4 is 39.4 Å². The van der Waals surface area contributed by atoms with Crippen molar-refractivity contribution < 1.29 is 14.3 Å². The second-order valence-corrected chi connectivity index (χ2v) is 8.00. The van der Waals surface area contributed by atoms with Gasteiger partial charge in [-0.25, -0.2) is 4.68 Å². The predicted molar refractivity (Wildman–Crippen MR) is 116 cm³/mol. The van der Waals surface area contributed by atoms with Gasteiger partial charge in [0.05, 0.1) is 12.5 Å². The Kier molecular flexibility index (Phi) is 5.54. The van der Waals surface area contributed by atoms with E-state index in [1.165, 1.54) is 6.33 Å². The van der Waals surface area contributed by atoms with Gasteiger partial charge in [-0.1, -0.05) is 34.1 Å². The summed E-state index contributed by atoms with van der Waals surface area (Å²) >= 11 is 3.47. The van der Waals surface area contributed by atoms with Crippen LogP contribution in [0.5, 0.6) is 5.75 Å². The van der Waals surface area contributed by atoms with Gasteiger partial charge >= 0.3 is 0 Å². The van der Waals surface area contributed by atoms with Crippen LogP contribution in [0.4, 0.5) is 11.6 Å². The van der Waals surface area contributed by atoms with Crippen LogP contribution >= 0.6 is 15.9 Å². The third-order valence-electron chi connectivity index (χ3n) is 4.93. The van der Waals surface area contributed by atoms with E-state index in [0.29, 0.717) is 11.7 Å². The number of carbonyl (C=O) groups is 2. The number of hydrogen-bond acceptors (Lipinski definition) is 5. The number of anilines is 2. The van der Waals surface area contributed by atoms with E-state index < -0.39 is 0 Å². The van der Waals surface area contributed by atoms with E-state index in [9.17, 15) is 9.59 Å². The van der Waals surface area contributed by atoms with Gasteiger partial charge in [-0.2, -0.15) is 10.1 Å². The summed E-state index contributed by atoms with van der Waals surface area (Å²) in [5.41, 5.74) is 3.50. The minimum Gasteiger partial charge on any atom is -0.483 e. The summed E-state index contributed by atoms with van der Waals surface area (Å²) < 4.78 is 8.34. The number of benzene rings is 2. The Labute approximate surface area is 181 Å². The number of hydrogen-bond donors (Lipinski definition) is 2. The van der Waals surface area contributed by atoms with Crippen molar-refractivity contribution in [3.63, 3.8) is 0 Å². The quantitative estimate of drug-likeness (QED) is 0.594. The fourth-order valence-electron chi connectivity index (χ4n) is 3.49. The molecule has 0 aliphatic carbocycles. The van der Waals surface area contributed by atoms with Gasteiger partial charge in [0.15, 0.2) is 6.61 Å². The molecule has 0 unspecified atom stereocenters. The number of rotatable bonds is 5. The number of nitrogens with zero attached hydrogens (tertiary/aromatic N) is 3. The molecule has 0 radical (unpaired) electrons. The molecular formula is C21H20BrN5O3. The van der Waals surface area contributed by atoms with Crippen LogP contribution in [0.25, 0.3) is 0 Å². The summed E-state index contributed by atoms with van der Waals surface area (Å²) in [5, 5.41) is 9.84. The average Bonchev–Trinajstić information content (AvgIpc) is 3.17. The van der Waals surface area contributed by atoms with Gasteiger partial charge in [0.1, 0.15) is 12.1 Å². The van der Waals surface area contributed by atoms with Crippen LogP contribution in [0.3, 0.4) is 0 Å². The molecule has 1 aliphatic heterocycles. The van der Waals surface area contributed by atoms with Gasteiger partial charge in [-0.3, -0.25) is 14.9 Å². The van der Waals surface area contributed by atoms with Gasteiger partial charge in [-0.15, -0.1) is 0 Å². The van der Waals surface area contributed by atoms with Crippen LogP contribution in [-0.2, 0) is 9.59 Å². The lowest BCUT2D eigenvalue weighted by atomic mass is 10.0. The van der Waals surface area contributed by atoms with Gasteiger partial charge in [0, 0.05) is 15.7 Å². The van der Waals surface area contributed by atoms with E-state index in [1.807, 2.05) is 44.2 Å². The second-order valence-electron chi connectivity index (χ2n) is 7.08. The summed E-state index contributed by atoms with van der Waals surface area (Å²) in [6, 6.07) is 10.9. The maximum absolute atomic E-state index is 12.5. The molecule has 3 aromatic rings. The Morgan fingerprint density at radius 2 is 2.07 bits per heavy atom. The highest BCUT2D eigenvalue weighted by Gasteiger charge is 2.30. The maximum atomic E-state index is 12.5. The fourth-order valence-corrected chi connectivity index (χ4v) is 3.87. The highest BCUT2D eigenvalue weighted by molar-refractivity contribution is 9.10. The van der Waals surface area contributed by atoms with Crippen molar-refractivity contribution in [3.05, 3.63) is 63.9 Å². The van der Waals surface area contributed by atoms with Crippen LogP contribution in [0.15, 0.2) is 47.2 Å². The van der Waals surface area contributed by atoms with E-state index in [1.54, 1.807) is 10.7 Å². The smallest absolute Gasteiger partial charge is 0.262 e. The van der Waals surface area contributed by atoms with Crippen molar-refractivity contribution in [2.45, 2.75) is 26.3 Å². The zero-order valence-electron chi connectivity index (χ0n) is 16.5. The lowest BCUT2D eigenvalue weighted by molar-refractivity contribution is -0.118. The lowest BCUT2D eigenvalue weighted by Gasteiger charge is -2.25. The van der Waals surface area contributed by atoms with E-state index in [2.05, 4.69) is 36.6 Å². The molecule has 4 rings (SSSR count). The monoisotopic (exact) mass is 469 g/mol. The van der Waals surface area contributed by atoms with Crippen molar-refractivity contribution in [2.24, 2.45) is 0 Å². The van der Waals surface area contributed by atoms with Crippen molar-refractivity contribution in [3.8, 4) is 5.75 Å². The normalized spacial score (nSPS) is 15.3. The number of nitrogens with one attached hydrogen (secondary N) is 2. The number of fused-ring (bicyclic) bond motifs is 1. The molecular weight excluding hydrogens is 450 g/mol. The standard InChI is InChI=1S/C21H20BrN5O3/c1-12-4-3-5-13(2)20(12)25-19(29)10-30-17-7-6-14(22)8-15(17)16-9-18(28)26-21-23-11-24-27(16)21/h3-8,11,16H,9-10H2,1-2H3,(H,25,29)(H,23,24,26,28)/t16-/m1/s1. The Morgan fingerprint density at radius 3 is 2.83 bits per heavy atom. The molecule has 1 atom stereocenters. The van der Waals surface area contributed by atoms with Crippen LogP contribution in [-0.4, -0.2) is 33.2 Å². The lowest BCUT2D eigenvalue weighted by Crippen LogP contribution is -2.30. The molecule has 9 heteroatoms. The van der Waals surface area contributed by atoms with Gasteiger partial charge in [0.25, 0.3) is 5.91 Å². The molecule has 154 valence electrons. The molecule has 30 heavy (non-hydrogen) atoms. The molecule has 0 bridgehead atoms. The first-order valence-corrected chi connectivity index (χ1v) is 10.2. The summed E-state index contributed by atoms with van der Waals surface area (Å²) in [6.45, 7) is 3.73. The van der Waals surface area contributed by atoms with Gasteiger partial charge in [-0.05, 0) is 43.2 Å². The molecule has 1 aliphatic rings. The maximum Gasteiger partial charge on any atom is 0.262 e. The van der Waals surface area contributed by atoms with E-state index in [4.69, 9.17) is 4.74 Å². The van der Waals surface area contributed by atoms with E-state index in [-0.39, 0.29) is 30.9 Å².